The molecule has 0 aliphatic carbocycles. The molecule has 1 aromatic heterocycles. The van der Waals surface area contributed by atoms with Crippen LogP contribution in [0.4, 0.5) is 5.13 Å². The Hall–Kier alpha value is -3.68. The molecule has 0 radical (unpaired) electrons. The number of halogens is 1. The van der Waals surface area contributed by atoms with Crippen LogP contribution in [0, 0.1) is 0 Å². The molecule has 6 nitrogen and oxygen atoms in total. The van der Waals surface area contributed by atoms with Crippen LogP contribution in [0.15, 0.2) is 96.2 Å². The van der Waals surface area contributed by atoms with Crippen LogP contribution in [0.3, 0.4) is 0 Å². The van der Waals surface area contributed by atoms with Crippen molar-refractivity contribution in [1.29, 1.82) is 0 Å². The fourth-order valence-corrected chi connectivity index (χ4v) is 4.37. The number of rotatable bonds is 7. The molecule has 0 atom stereocenters. The van der Waals surface area contributed by atoms with E-state index in [9.17, 15) is 9.90 Å². The van der Waals surface area contributed by atoms with Crippen molar-refractivity contribution in [2.45, 2.75) is 5.60 Å². The van der Waals surface area contributed by atoms with Crippen LogP contribution < -0.4 is 5.73 Å². The molecule has 0 bridgehead atoms. The minimum atomic E-state index is -1.33. The summed E-state index contributed by atoms with van der Waals surface area (Å²) < 4.78 is 0.122. The van der Waals surface area contributed by atoms with Crippen molar-refractivity contribution in [1.82, 2.24) is 4.98 Å². The lowest BCUT2D eigenvalue weighted by atomic mass is 9.80. The zero-order valence-corrected chi connectivity index (χ0v) is 18.3. The third-order valence-electron chi connectivity index (χ3n) is 4.84. The summed E-state index contributed by atoms with van der Waals surface area (Å²) in [7, 11) is 0. The average Bonchev–Trinajstić information content (AvgIpc) is 3.16. The number of benzene rings is 3. The number of aliphatic carboxylic acids is 1. The minimum absolute atomic E-state index is 0.0373. The number of anilines is 1. The highest BCUT2D eigenvalue weighted by Crippen LogP contribution is 2.41. The van der Waals surface area contributed by atoms with E-state index in [-0.39, 0.29) is 15.2 Å². The molecule has 1 heterocycles. The fourth-order valence-electron chi connectivity index (χ4n) is 3.44. The van der Waals surface area contributed by atoms with E-state index >= 15 is 0 Å². The van der Waals surface area contributed by atoms with Crippen molar-refractivity contribution in [3.8, 4) is 0 Å². The number of hydrogen-bond acceptors (Lipinski definition) is 6. The van der Waals surface area contributed by atoms with Crippen LogP contribution in [-0.4, -0.2) is 21.8 Å². The van der Waals surface area contributed by atoms with Crippen LogP contribution in [0.1, 0.15) is 22.4 Å². The van der Waals surface area contributed by atoms with Crippen LogP contribution in [0.25, 0.3) is 0 Å². The van der Waals surface area contributed by atoms with Crippen molar-refractivity contribution in [2.24, 2.45) is 5.16 Å². The lowest BCUT2D eigenvalue weighted by Gasteiger charge is -2.33. The highest BCUT2D eigenvalue weighted by atomic mass is 35.5. The predicted octanol–water partition coefficient (Wildman–Crippen LogP) is 5.18. The topological polar surface area (TPSA) is 97.8 Å². The van der Waals surface area contributed by atoms with Crippen molar-refractivity contribution >= 4 is 39.8 Å². The van der Waals surface area contributed by atoms with Gasteiger partial charge in [0.2, 0.25) is 11.3 Å². The molecular weight excluding hydrogens is 446 g/mol. The monoisotopic (exact) mass is 463 g/mol. The van der Waals surface area contributed by atoms with Crippen LogP contribution in [0.5, 0.6) is 0 Å². The van der Waals surface area contributed by atoms with Crippen molar-refractivity contribution in [3.05, 3.63) is 118 Å². The molecule has 4 rings (SSSR count). The number of nitrogens with zero attached hydrogens (tertiary/aromatic N) is 2. The Morgan fingerprint density at radius 1 is 0.906 bits per heavy atom. The maximum absolute atomic E-state index is 12.0. The van der Waals surface area contributed by atoms with E-state index in [1.807, 2.05) is 91.0 Å². The Balaban J connectivity index is 1.96. The second-order valence-electron chi connectivity index (χ2n) is 6.79. The Morgan fingerprint density at radius 3 is 1.69 bits per heavy atom. The van der Waals surface area contributed by atoms with Gasteiger partial charge in [-0.1, -0.05) is 119 Å². The molecule has 0 aliphatic heterocycles. The molecule has 160 valence electrons. The fraction of sp³-hybridized carbons (Fsp3) is 0.0417. The van der Waals surface area contributed by atoms with Gasteiger partial charge in [0.25, 0.3) is 0 Å². The summed E-state index contributed by atoms with van der Waals surface area (Å²) >= 11 is 7.13. The standard InChI is InChI=1S/C24H18ClN3O3S/c25-21-19(27-23(26)32-21)20(22(29)30)28-31-24(16-10-4-1-5-11-16,17-12-6-2-7-13-17)18-14-8-3-9-15-18/h1-15H,(H2,26,27)(H,29,30)/b28-20+. The summed E-state index contributed by atoms with van der Waals surface area (Å²) in [6.07, 6.45) is 0. The van der Waals surface area contributed by atoms with Gasteiger partial charge in [0.05, 0.1) is 0 Å². The maximum Gasteiger partial charge on any atom is 0.360 e. The minimum Gasteiger partial charge on any atom is -0.476 e. The lowest BCUT2D eigenvalue weighted by Crippen LogP contribution is -2.32. The van der Waals surface area contributed by atoms with Crippen molar-refractivity contribution in [3.63, 3.8) is 0 Å². The number of oxime groups is 1. The third-order valence-corrected chi connectivity index (χ3v) is 5.93. The summed E-state index contributed by atoms with van der Waals surface area (Å²) in [6, 6.07) is 28.5. The first-order valence-corrected chi connectivity index (χ1v) is 10.8. The third kappa shape index (κ3) is 4.08. The molecule has 0 saturated heterocycles. The molecule has 32 heavy (non-hydrogen) atoms. The van der Waals surface area contributed by atoms with Crippen LogP contribution >= 0.6 is 22.9 Å². The largest absolute Gasteiger partial charge is 0.476 e. The Morgan fingerprint density at radius 2 is 1.34 bits per heavy atom. The van der Waals surface area contributed by atoms with Gasteiger partial charge in [-0.3, -0.25) is 0 Å². The normalized spacial score (nSPS) is 11.8. The van der Waals surface area contributed by atoms with Gasteiger partial charge in [0, 0.05) is 16.7 Å². The predicted molar refractivity (Wildman–Crippen MR) is 126 cm³/mol. The number of hydrogen-bond donors (Lipinski definition) is 2. The molecule has 4 aromatic rings. The number of carbonyl (C=O) groups is 1. The van der Waals surface area contributed by atoms with Crippen molar-refractivity contribution < 1.29 is 14.7 Å². The SMILES string of the molecule is Nc1nc(/C(=N\OC(c2ccccc2)(c2ccccc2)c2ccccc2)C(=O)O)c(Cl)s1. The number of nitrogen functional groups attached to an aromatic ring is 1. The number of carboxylic acids is 1. The van der Waals surface area contributed by atoms with E-state index in [1.54, 1.807) is 0 Å². The maximum atomic E-state index is 12.0. The second kappa shape index (κ2) is 9.21. The number of thiazole rings is 1. The highest BCUT2D eigenvalue weighted by Gasteiger charge is 2.40. The summed E-state index contributed by atoms with van der Waals surface area (Å²) in [4.78, 5) is 22.3. The van der Waals surface area contributed by atoms with Crippen molar-refractivity contribution in [2.75, 3.05) is 5.73 Å². The van der Waals surface area contributed by atoms with Gasteiger partial charge in [-0.25, -0.2) is 9.78 Å². The first-order chi connectivity index (χ1) is 15.5. The zero-order chi connectivity index (χ0) is 22.6. The average molecular weight is 464 g/mol. The van der Waals surface area contributed by atoms with Gasteiger partial charge in [-0.15, -0.1) is 0 Å². The molecule has 3 N–H and O–H groups in total. The summed E-state index contributed by atoms with van der Waals surface area (Å²) in [6.45, 7) is 0. The van der Waals surface area contributed by atoms with E-state index in [4.69, 9.17) is 22.2 Å². The number of nitrogens with two attached hydrogens (primary N) is 1. The van der Waals surface area contributed by atoms with Crippen LogP contribution in [-0.2, 0) is 15.2 Å². The highest BCUT2D eigenvalue weighted by molar-refractivity contribution is 7.19. The molecule has 8 heteroatoms. The van der Waals surface area contributed by atoms with Gasteiger partial charge < -0.3 is 15.7 Å². The van der Waals surface area contributed by atoms with E-state index in [1.165, 1.54) is 0 Å². The molecule has 0 saturated carbocycles. The summed E-state index contributed by atoms with van der Waals surface area (Å²) in [5, 5.41) is 14.1. The van der Waals surface area contributed by atoms with Gasteiger partial charge in [-0.2, -0.15) is 0 Å². The van der Waals surface area contributed by atoms with Gasteiger partial charge in [-0.05, 0) is 0 Å². The molecule has 3 aromatic carbocycles. The molecule has 0 unspecified atom stereocenters. The van der Waals surface area contributed by atoms with Gasteiger partial charge in [0.15, 0.2) is 5.13 Å². The first-order valence-electron chi connectivity index (χ1n) is 9.60. The smallest absolute Gasteiger partial charge is 0.360 e. The van der Waals surface area contributed by atoms with E-state index in [0.717, 1.165) is 28.0 Å². The quantitative estimate of drug-likeness (QED) is 0.223. The van der Waals surface area contributed by atoms with Gasteiger partial charge in [0.1, 0.15) is 10.0 Å². The summed E-state index contributed by atoms with van der Waals surface area (Å²) in [5.41, 5.74) is 6.33. The lowest BCUT2D eigenvalue weighted by molar-refractivity contribution is -0.129. The van der Waals surface area contributed by atoms with E-state index in [2.05, 4.69) is 10.1 Å². The van der Waals surface area contributed by atoms with E-state index in [0.29, 0.717) is 0 Å². The molecule has 0 spiro atoms. The second-order valence-corrected chi connectivity index (χ2v) is 8.42. The van der Waals surface area contributed by atoms with Crippen LogP contribution in [0.2, 0.25) is 4.34 Å². The number of aromatic nitrogens is 1. The summed E-state index contributed by atoms with van der Waals surface area (Å²) in [5.74, 6) is -1.33. The Bertz CT molecular complexity index is 1150. The Kier molecular flexibility index (Phi) is 6.20. The molecule has 0 fully saturated rings. The number of carboxylic acid groups (broad SMARTS) is 1. The zero-order valence-electron chi connectivity index (χ0n) is 16.7. The van der Waals surface area contributed by atoms with E-state index < -0.39 is 17.3 Å². The Labute approximate surface area is 193 Å². The molecular formula is C24H18ClN3O3S. The molecule has 0 aliphatic rings. The van der Waals surface area contributed by atoms with Gasteiger partial charge >= 0.3 is 5.97 Å². The molecule has 0 amide bonds. The first kappa shape index (κ1) is 21.5.